The van der Waals surface area contributed by atoms with Crippen molar-refractivity contribution in [1.82, 2.24) is 5.32 Å². The van der Waals surface area contributed by atoms with Crippen molar-refractivity contribution in [2.24, 2.45) is 0 Å². The lowest BCUT2D eigenvalue weighted by Gasteiger charge is -2.35. The number of carboxylic acid groups (broad SMARTS) is 1. The molecule has 0 amide bonds. The highest BCUT2D eigenvalue weighted by Crippen LogP contribution is 2.24. The molecule has 0 aromatic rings. The van der Waals surface area contributed by atoms with Crippen LogP contribution in [0.1, 0.15) is 52.4 Å². The Bertz CT molecular complexity index is 257. The van der Waals surface area contributed by atoms with Crippen molar-refractivity contribution in [3.63, 3.8) is 0 Å². The van der Waals surface area contributed by atoms with Crippen LogP contribution in [0.25, 0.3) is 0 Å². The summed E-state index contributed by atoms with van der Waals surface area (Å²) in [7, 11) is 1.73. The van der Waals surface area contributed by atoms with Gasteiger partial charge in [-0.3, -0.25) is 10.1 Å². The molecule has 3 atom stereocenters. The average molecular weight is 243 g/mol. The molecule has 0 radical (unpaired) electrons. The van der Waals surface area contributed by atoms with Crippen LogP contribution in [0.4, 0.5) is 0 Å². The van der Waals surface area contributed by atoms with Gasteiger partial charge in [-0.2, -0.15) is 0 Å². The molecule has 1 aliphatic rings. The van der Waals surface area contributed by atoms with E-state index in [1.165, 1.54) is 0 Å². The van der Waals surface area contributed by atoms with E-state index in [9.17, 15) is 9.90 Å². The summed E-state index contributed by atoms with van der Waals surface area (Å²) in [5, 5.41) is 12.6. The minimum atomic E-state index is -0.797. The smallest absolute Gasteiger partial charge is 0.323 e. The van der Waals surface area contributed by atoms with Crippen LogP contribution in [0.15, 0.2) is 0 Å². The van der Waals surface area contributed by atoms with E-state index in [1.807, 2.05) is 6.92 Å². The SMILES string of the molecule is CCCC(C)(NC1CCCC(OC)C1)C(=O)O. The molecule has 0 bridgehead atoms. The third-order valence-electron chi connectivity index (χ3n) is 3.70. The van der Waals surface area contributed by atoms with Crippen LogP contribution in [0, 0.1) is 0 Å². The molecule has 4 nitrogen and oxygen atoms in total. The molecule has 1 saturated carbocycles. The van der Waals surface area contributed by atoms with E-state index in [4.69, 9.17) is 4.74 Å². The van der Waals surface area contributed by atoms with Crippen molar-refractivity contribution >= 4 is 5.97 Å². The first-order valence-electron chi connectivity index (χ1n) is 6.55. The van der Waals surface area contributed by atoms with Crippen molar-refractivity contribution in [2.75, 3.05) is 7.11 Å². The number of nitrogens with one attached hydrogen (secondary N) is 1. The molecule has 2 N–H and O–H groups in total. The molecule has 3 unspecified atom stereocenters. The van der Waals surface area contributed by atoms with E-state index in [2.05, 4.69) is 5.32 Å². The van der Waals surface area contributed by atoms with Gasteiger partial charge in [-0.15, -0.1) is 0 Å². The van der Waals surface area contributed by atoms with Crippen molar-refractivity contribution in [1.29, 1.82) is 0 Å². The van der Waals surface area contributed by atoms with Crippen LogP contribution in [0.3, 0.4) is 0 Å². The molecule has 4 heteroatoms. The Morgan fingerprint density at radius 3 is 2.76 bits per heavy atom. The zero-order chi connectivity index (χ0) is 12.9. The summed E-state index contributed by atoms with van der Waals surface area (Å²) in [6.45, 7) is 3.80. The highest BCUT2D eigenvalue weighted by molar-refractivity contribution is 5.78. The number of hydrogen-bond donors (Lipinski definition) is 2. The van der Waals surface area contributed by atoms with Gasteiger partial charge in [0.1, 0.15) is 5.54 Å². The highest BCUT2D eigenvalue weighted by Gasteiger charge is 2.35. The van der Waals surface area contributed by atoms with E-state index >= 15 is 0 Å². The summed E-state index contributed by atoms with van der Waals surface area (Å²) in [4.78, 5) is 11.3. The molecule has 1 rings (SSSR count). The van der Waals surface area contributed by atoms with E-state index in [0.29, 0.717) is 6.42 Å². The van der Waals surface area contributed by atoms with Gasteiger partial charge in [-0.05, 0) is 39.0 Å². The second-order valence-corrected chi connectivity index (χ2v) is 5.25. The Morgan fingerprint density at radius 2 is 2.24 bits per heavy atom. The monoisotopic (exact) mass is 243 g/mol. The molecule has 100 valence electrons. The molecular formula is C13H25NO3. The fraction of sp³-hybridized carbons (Fsp3) is 0.923. The Kier molecular flexibility index (Phi) is 5.40. The fourth-order valence-electron chi connectivity index (χ4n) is 2.68. The summed E-state index contributed by atoms with van der Waals surface area (Å²) in [5.74, 6) is -0.751. The lowest BCUT2D eigenvalue weighted by atomic mass is 9.88. The van der Waals surface area contributed by atoms with Gasteiger partial charge in [-0.25, -0.2) is 0 Å². The number of methoxy groups -OCH3 is 1. The van der Waals surface area contributed by atoms with Gasteiger partial charge < -0.3 is 9.84 Å². The molecule has 1 fully saturated rings. The molecule has 0 spiro atoms. The van der Waals surface area contributed by atoms with Gasteiger partial charge in [0.25, 0.3) is 0 Å². The van der Waals surface area contributed by atoms with Crippen LogP contribution in [-0.2, 0) is 9.53 Å². The lowest BCUT2D eigenvalue weighted by Crippen LogP contribution is -2.55. The minimum Gasteiger partial charge on any atom is -0.480 e. The number of aliphatic carboxylic acids is 1. The average Bonchev–Trinajstić information content (AvgIpc) is 2.29. The minimum absolute atomic E-state index is 0.265. The van der Waals surface area contributed by atoms with Crippen LogP contribution in [0.2, 0.25) is 0 Å². The summed E-state index contributed by atoms with van der Waals surface area (Å²) in [6.07, 6.45) is 5.98. The summed E-state index contributed by atoms with van der Waals surface area (Å²) in [5.41, 5.74) is -0.797. The maximum atomic E-state index is 11.3. The van der Waals surface area contributed by atoms with Crippen molar-refractivity contribution in [3.05, 3.63) is 0 Å². The highest BCUT2D eigenvalue weighted by atomic mass is 16.5. The van der Waals surface area contributed by atoms with Crippen LogP contribution < -0.4 is 5.32 Å². The predicted octanol–water partition coefficient (Wildman–Crippen LogP) is 2.18. The summed E-state index contributed by atoms with van der Waals surface area (Å²) < 4.78 is 5.37. The Labute approximate surface area is 104 Å². The van der Waals surface area contributed by atoms with E-state index < -0.39 is 11.5 Å². The zero-order valence-corrected chi connectivity index (χ0v) is 11.2. The maximum Gasteiger partial charge on any atom is 0.323 e. The quantitative estimate of drug-likeness (QED) is 0.750. The lowest BCUT2D eigenvalue weighted by molar-refractivity contribution is -0.145. The topological polar surface area (TPSA) is 58.6 Å². The van der Waals surface area contributed by atoms with Gasteiger partial charge in [0.2, 0.25) is 0 Å². The normalized spacial score (nSPS) is 28.6. The zero-order valence-electron chi connectivity index (χ0n) is 11.2. The van der Waals surface area contributed by atoms with Gasteiger partial charge in [0.15, 0.2) is 0 Å². The van der Waals surface area contributed by atoms with E-state index in [0.717, 1.165) is 32.1 Å². The first-order valence-corrected chi connectivity index (χ1v) is 6.55. The maximum absolute atomic E-state index is 11.3. The van der Waals surface area contributed by atoms with Crippen LogP contribution in [-0.4, -0.2) is 35.9 Å². The van der Waals surface area contributed by atoms with Gasteiger partial charge >= 0.3 is 5.97 Å². The van der Waals surface area contributed by atoms with Crippen molar-refractivity contribution in [2.45, 2.75) is 70.1 Å². The summed E-state index contributed by atoms with van der Waals surface area (Å²) in [6, 6.07) is 0.265. The number of carbonyl (C=O) groups is 1. The molecule has 0 aromatic carbocycles. The van der Waals surface area contributed by atoms with Gasteiger partial charge in [-0.1, -0.05) is 13.3 Å². The largest absolute Gasteiger partial charge is 0.480 e. The Balaban J connectivity index is 2.57. The molecular weight excluding hydrogens is 218 g/mol. The fourth-order valence-corrected chi connectivity index (χ4v) is 2.68. The molecule has 1 aliphatic carbocycles. The van der Waals surface area contributed by atoms with Gasteiger partial charge in [0.05, 0.1) is 6.10 Å². The standard InChI is InChI=1S/C13H25NO3/c1-4-8-13(2,12(15)16)14-10-6-5-7-11(9-10)17-3/h10-11,14H,4-9H2,1-3H3,(H,15,16). The predicted molar refractivity (Wildman–Crippen MR) is 67.1 cm³/mol. The first-order chi connectivity index (χ1) is 8.01. The third-order valence-corrected chi connectivity index (χ3v) is 3.70. The molecule has 0 aliphatic heterocycles. The van der Waals surface area contributed by atoms with Crippen molar-refractivity contribution < 1.29 is 14.6 Å². The first kappa shape index (κ1) is 14.5. The Hall–Kier alpha value is -0.610. The summed E-state index contributed by atoms with van der Waals surface area (Å²) >= 11 is 0. The van der Waals surface area contributed by atoms with Crippen LogP contribution >= 0.6 is 0 Å². The van der Waals surface area contributed by atoms with E-state index in [1.54, 1.807) is 14.0 Å². The molecule has 17 heavy (non-hydrogen) atoms. The second-order valence-electron chi connectivity index (χ2n) is 5.25. The Morgan fingerprint density at radius 1 is 1.53 bits per heavy atom. The molecule has 0 heterocycles. The number of hydrogen-bond acceptors (Lipinski definition) is 3. The number of ether oxygens (including phenoxy) is 1. The van der Waals surface area contributed by atoms with Crippen molar-refractivity contribution in [3.8, 4) is 0 Å². The van der Waals surface area contributed by atoms with E-state index in [-0.39, 0.29) is 12.1 Å². The van der Waals surface area contributed by atoms with Crippen LogP contribution in [0.5, 0.6) is 0 Å². The van der Waals surface area contributed by atoms with Gasteiger partial charge in [0, 0.05) is 13.2 Å². The molecule has 0 saturated heterocycles. The number of carboxylic acids is 1. The third kappa shape index (κ3) is 3.96. The number of rotatable bonds is 6. The second kappa shape index (κ2) is 6.36. The molecule has 0 aromatic heterocycles.